The van der Waals surface area contributed by atoms with Gasteiger partial charge in [0.25, 0.3) is 6.43 Å². The highest BCUT2D eigenvalue weighted by atomic mass is 79.9. The van der Waals surface area contributed by atoms with Gasteiger partial charge in [0, 0.05) is 9.50 Å². The maximum Gasteiger partial charge on any atom is 0.254 e. The highest BCUT2D eigenvalue weighted by Crippen LogP contribution is 2.23. The maximum atomic E-state index is 12.8. The number of halogens is 4. The molecule has 0 spiro atoms. The Morgan fingerprint density at radius 3 is 2.65 bits per heavy atom. The molecule has 1 unspecified atom stereocenters. The first-order chi connectivity index (χ1) is 8.04. The molecule has 0 fully saturated rings. The van der Waals surface area contributed by atoms with E-state index < -0.39 is 12.5 Å². The van der Waals surface area contributed by atoms with Gasteiger partial charge in [0.2, 0.25) is 0 Å². The fourth-order valence-corrected chi connectivity index (χ4v) is 2.25. The normalized spacial score (nSPS) is 13.1. The molecule has 0 saturated heterocycles. The molecule has 1 nitrogen and oxygen atoms in total. The van der Waals surface area contributed by atoms with E-state index in [1.165, 1.54) is 0 Å². The quantitative estimate of drug-likeness (QED) is 0.823. The molecular weight excluding hydrogens is 311 g/mol. The summed E-state index contributed by atoms with van der Waals surface area (Å²) in [5.41, 5.74) is 0.740. The highest BCUT2D eigenvalue weighted by molar-refractivity contribution is 9.10. The summed E-state index contributed by atoms with van der Waals surface area (Å²) < 4.78 is 26.5. The summed E-state index contributed by atoms with van der Waals surface area (Å²) in [5.74, 6) is 0. The van der Waals surface area contributed by atoms with E-state index in [0.29, 0.717) is 11.6 Å². The third kappa shape index (κ3) is 4.90. The minimum Gasteiger partial charge on any atom is -0.309 e. The third-order valence-electron chi connectivity index (χ3n) is 2.42. The average Bonchev–Trinajstić information content (AvgIpc) is 2.26. The van der Waals surface area contributed by atoms with E-state index in [-0.39, 0.29) is 6.42 Å². The third-order valence-corrected chi connectivity index (χ3v) is 3.26. The fraction of sp³-hybridized carbons (Fsp3) is 0.500. The zero-order chi connectivity index (χ0) is 12.8. The summed E-state index contributed by atoms with van der Waals surface area (Å²) >= 11 is 9.29. The second kappa shape index (κ2) is 7.29. The first-order valence-electron chi connectivity index (χ1n) is 5.50. The van der Waals surface area contributed by atoms with Gasteiger partial charge in [-0.2, -0.15) is 0 Å². The molecule has 0 aliphatic rings. The van der Waals surface area contributed by atoms with E-state index in [0.717, 1.165) is 16.5 Å². The van der Waals surface area contributed by atoms with Crippen LogP contribution in [0.4, 0.5) is 8.78 Å². The minimum absolute atomic E-state index is 0.240. The maximum absolute atomic E-state index is 12.8. The summed E-state index contributed by atoms with van der Waals surface area (Å²) in [6, 6.07) is 4.46. The molecule has 1 atom stereocenters. The Bertz CT molecular complexity index is 360. The van der Waals surface area contributed by atoms with E-state index >= 15 is 0 Å². The van der Waals surface area contributed by atoms with Crippen LogP contribution in [0.5, 0.6) is 0 Å². The molecule has 0 radical (unpaired) electrons. The van der Waals surface area contributed by atoms with Crippen LogP contribution in [0, 0.1) is 0 Å². The molecule has 1 aromatic carbocycles. The Morgan fingerprint density at radius 1 is 1.41 bits per heavy atom. The lowest BCUT2D eigenvalue weighted by molar-refractivity contribution is 0.0983. The van der Waals surface area contributed by atoms with Crippen LogP contribution in [0.1, 0.15) is 18.9 Å². The Hall–Kier alpha value is -0.190. The van der Waals surface area contributed by atoms with E-state index in [9.17, 15) is 8.78 Å². The molecule has 0 heterocycles. The Kier molecular flexibility index (Phi) is 6.38. The first kappa shape index (κ1) is 14.9. The lowest BCUT2D eigenvalue weighted by atomic mass is 10.1. The molecule has 0 bridgehead atoms. The zero-order valence-corrected chi connectivity index (χ0v) is 11.9. The highest BCUT2D eigenvalue weighted by Gasteiger charge is 2.20. The molecule has 17 heavy (non-hydrogen) atoms. The van der Waals surface area contributed by atoms with Crippen molar-refractivity contribution in [3.63, 3.8) is 0 Å². The summed E-state index contributed by atoms with van der Waals surface area (Å²) in [5, 5.41) is 3.36. The van der Waals surface area contributed by atoms with Gasteiger partial charge in [-0.25, -0.2) is 8.78 Å². The van der Waals surface area contributed by atoms with Crippen molar-refractivity contribution in [1.29, 1.82) is 0 Å². The topological polar surface area (TPSA) is 12.0 Å². The number of alkyl halides is 2. The smallest absolute Gasteiger partial charge is 0.254 e. The van der Waals surface area contributed by atoms with E-state index in [2.05, 4.69) is 21.2 Å². The molecule has 0 aromatic heterocycles. The van der Waals surface area contributed by atoms with E-state index in [1.54, 1.807) is 12.1 Å². The zero-order valence-electron chi connectivity index (χ0n) is 9.52. The average molecular weight is 327 g/mol. The van der Waals surface area contributed by atoms with Gasteiger partial charge in [-0.3, -0.25) is 0 Å². The Labute approximate surface area is 114 Å². The van der Waals surface area contributed by atoms with Crippen LogP contribution in [0.2, 0.25) is 5.02 Å². The van der Waals surface area contributed by atoms with Crippen molar-refractivity contribution in [2.45, 2.75) is 32.2 Å². The van der Waals surface area contributed by atoms with Crippen molar-refractivity contribution in [3.05, 3.63) is 33.3 Å². The number of hydrogen-bond acceptors (Lipinski definition) is 1. The molecule has 0 aliphatic carbocycles. The lowest BCUT2D eigenvalue weighted by Gasteiger charge is -2.18. The summed E-state index contributed by atoms with van der Waals surface area (Å²) in [6.07, 6.45) is -1.32. The molecular formula is C12H15BrClF2N. The monoisotopic (exact) mass is 325 g/mol. The van der Waals surface area contributed by atoms with Crippen LogP contribution in [0.15, 0.2) is 22.7 Å². The van der Waals surface area contributed by atoms with Gasteiger partial charge < -0.3 is 5.32 Å². The number of nitrogens with one attached hydrogen (secondary N) is 1. The molecule has 96 valence electrons. The molecule has 1 rings (SSSR count). The van der Waals surface area contributed by atoms with Gasteiger partial charge in [-0.05, 0) is 37.1 Å². The minimum atomic E-state index is -2.39. The summed E-state index contributed by atoms with van der Waals surface area (Å²) in [4.78, 5) is 0. The van der Waals surface area contributed by atoms with Crippen LogP contribution >= 0.6 is 27.5 Å². The molecule has 0 aliphatic heterocycles. The second-order valence-corrected chi connectivity index (χ2v) is 5.16. The van der Waals surface area contributed by atoms with Crippen LogP contribution < -0.4 is 5.32 Å². The molecule has 1 N–H and O–H groups in total. The largest absolute Gasteiger partial charge is 0.309 e. The van der Waals surface area contributed by atoms with Crippen molar-refractivity contribution >= 4 is 27.5 Å². The molecule has 0 amide bonds. The van der Waals surface area contributed by atoms with Crippen molar-refractivity contribution in [2.75, 3.05) is 6.54 Å². The predicted octanol–water partition coefficient (Wildman–Crippen LogP) is 4.28. The van der Waals surface area contributed by atoms with Crippen molar-refractivity contribution in [3.8, 4) is 0 Å². The molecule has 0 saturated carbocycles. The number of benzene rings is 1. The van der Waals surface area contributed by atoms with Crippen LogP contribution in [-0.2, 0) is 6.42 Å². The Balaban J connectivity index is 2.71. The second-order valence-electron chi connectivity index (χ2n) is 3.83. The standard InChI is InChI=1S/C12H15BrClF2N/c1-2-5-17-11(12(15)16)6-8-3-4-9(13)7-10(8)14/h3-4,7,11-12,17H,2,5-6H2,1H3. The van der Waals surface area contributed by atoms with Crippen molar-refractivity contribution in [1.82, 2.24) is 5.32 Å². The SMILES string of the molecule is CCCNC(Cc1ccc(Br)cc1Cl)C(F)F. The fourth-order valence-electron chi connectivity index (χ4n) is 1.50. The van der Waals surface area contributed by atoms with Gasteiger partial charge in [-0.1, -0.05) is 40.5 Å². The van der Waals surface area contributed by atoms with Gasteiger partial charge in [-0.15, -0.1) is 0 Å². The van der Waals surface area contributed by atoms with Gasteiger partial charge in [0.15, 0.2) is 0 Å². The van der Waals surface area contributed by atoms with E-state index in [1.807, 2.05) is 13.0 Å². The first-order valence-corrected chi connectivity index (χ1v) is 6.67. The van der Waals surface area contributed by atoms with Crippen molar-refractivity contribution in [2.24, 2.45) is 0 Å². The molecule has 5 heteroatoms. The van der Waals surface area contributed by atoms with Crippen molar-refractivity contribution < 1.29 is 8.78 Å². The van der Waals surface area contributed by atoms with E-state index in [4.69, 9.17) is 11.6 Å². The Morgan fingerprint density at radius 2 is 2.12 bits per heavy atom. The summed E-state index contributed by atoms with van der Waals surface area (Å²) in [6.45, 7) is 2.53. The van der Waals surface area contributed by atoms with Crippen LogP contribution in [-0.4, -0.2) is 19.0 Å². The molecule has 1 aromatic rings. The number of rotatable bonds is 6. The number of hydrogen-bond donors (Lipinski definition) is 1. The van der Waals surface area contributed by atoms with Crippen LogP contribution in [0.25, 0.3) is 0 Å². The summed E-state index contributed by atoms with van der Waals surface area (Å²) in [7, 11) is 0. The lowest BCUT2D eigenvalue weighted by Crippen LogP contribution is -2.38. The van der Waals surface area contributed by atoms with Gasteiger partial charge in [0.1, 0.15) is 0 Å². The predicted molar refractivity (Wildman–Crippen MR) is 70.9 cm³/mol. The van der Waals surface area contributed by atoms with Crippen LogP contribution in [0.3, 0.4) is 0 Å². The van der Waals surface area contributed by atoms with Gasteiger partial charge in [0.05, 0.1) is 6.04 Å². The van der Waals surface area contributed by atoms with Gasteiger partial charge >= 0.3 is 0 Å².